The molecule has 1 aromatic heterocycles. The standard InChI is InChI=1S/C16H13ClN2O2/c1-20-11-4-2-10(3-5-11)15-12(8-18)16(17)19-14-6-7-21-9-13(14)15/h2-5H,6-7,9H2,1H3. The van der Waals surface area contributed by atoms with Gasteiger partial charge in [0.15, 0.2) is 0 Å². The van der Waals surface area contributed by atoms with Gasteiger partial charge in [-0.05, 0) is 17.7 Å². The van der Waals surface area contributed by atoms with E-state index in [1.165, 1.54) is 0 Å². The number of rotatable bonds is 2. The summed E-state index contributed by atoms with van der Waals surface area (Å²) in [5, 5.41) is 9.68. The Morgan fingerprint density at radius 2 is 2.10 bits per heavy atom. The summed E-state index contributed by atoms with van der Waals surface area (Å²) in [4.78, 5) is 4.34. The lowest BCUT2D eigenvalue weighted by Gasteiger charge is -2.21. The van der Waals surface area contributed by atoms with E-state index in [0.717, 1.165) is 28.1 Å². The van der Waals surface area contributed by atoms with Crippen molar-refractivity contribution in [2.45, 2.75) is 13.0 Å². The molecule has 0 amide bonds. The van der Waals surface area contributed by atoms with E-state index in [9.17, 15) is 5.26 Å². The molecule has 0 fully saturated rings. The van der Waals surface area contributed by atoms with Gasteiger partial charge in [0.25, 0.3) is 0 Å². The van der Waals surface area contributed by atoms with Crippen molar-refractivity contribution >= 4 is 11.6 Å². The van der Waals surface area contributed by atoms with Crippen molar-refractivity contribution in [1.82, 2.24) is 4.98 Å². The van der Waals surface area contributed by atoms with Crippen molar-refractivity contribution in [1.29, 1.82) is 5.26 Å². The van der Waals surface area contributed by atoms with E-state index >= 15 is 0 Å². The van der Waals surface area contributed by atoms with E-state index < -0.39 is 0 Å². The molecule has 1 aliphatic heterocycles. The van der Waals surface area contributed by atoms with E-state index in [2.05, 4.69) is 11.1 Å². The maximum atomic E-state index is 9.42. The van der Waals surface area contributed by atoms with Crippen molar-refractivity contribution in [3.63, 3.8) is 0 Å². The Hall–Kier alpha value is -2.09. The first kappa shape index (κ1) is 13.9. The van der Waals surface area contributed by atoms with Crippen LogP contribution in [0.25, 0.3) is 11.1 Å². The molecule has 0 saturated carbocycles. The number of nitrogens with zero attached hydrogens (tertiary/aromatic N) is 2. The van der Waals surface area contributed by atoms with E-state index in [1.54, 1.807) is 7.11 Å². The SMILES string of the molecule is COc1ccc(-c2c(C#N)c(Cl)nc3c2COCC3)cc1. The minimum Gasteiger partial charge on any atom is -0.497 e. The Morgan fingerprint density at radius 3 is 2.76 bits per heavy atom. The van der Waals surface area contributed by atoms with Gasteiger partial charge in [-0.15, -0.1) is 0 Å². The van der Waals surface area contributed by atoms with Crippen LogP contribution in [0.2, 0.25) is 5.15 Å². The number of nitriles is 1. The number of benzene rings is 1. The van der Waals surface area contributed by atoms with Gasteiger partial charge in [-0.3, -0.25) is 0 Å². The Bertz CT molecular complexity index is 721. The quantitative estimate of drug-likeness (QED) is 0.798. The van der Waals surface area contributed by atoms with Gasteiger partial charge >= 0.3 is 0 Å². The van der Waals surface area contributed by atoms with E-state index in [4.69, 9.17) is 21.1 Å². The number of aromatic nitrogens is 1. The fourth-order valence-electron chi connectivity index (χ4n) is 2.52. The second-order valence-corrected chi connectivity index (χ2v) is 5.08. The Morgan fingerprint density at radius 1 is 1.33 bits per heavy atom. The molecule has 0 atom stereocenters. The third-order valence-corrected chi connectivity index (χ3v) is 3.83. The number of fused-ring (bicyclic) bond motifs is 1. The molecular weight excluding hydrogens is 288 g/mol. The van der Waals surface area contributed by atoms with E-state index in [0.29, 0.717) is 25.2 Å². The summed E-state index contributed by atoms with van der Waals surface area (Å²) < 4.78 is 10.7. The van der Waals surface area contributed by atoms with Crippen LogP contribution in [-0.2, 0) is 17.8 Å². The summed E-state index contributed by atoms with van der Waals surface area (Å²) in [6.07, 6.45) is 0.712. The first-order valence-electron chi connectivity index (χ1n) is 6.58. The second kappa shape index (κ2) is 5.72. The zero-order valence-corrected chi connectivity index (χ0v) is 12.3. The maximum absolute atomic E-state index is 9.42. The smallest absolute Gasteiger partial charge is 0.147 e. The van der Waals surface area contributed by atoms with Crippen molar-refractivity contribution in [2.24, 2.45) is 0 Å². The van der Waals surface area contributed by atoms with Crippen LogP contribution in [0.15, 0.2) is 24.3 Å². The molecule has 1 aliphatic rings. The molecule has 0 spiro atoms. The first-order valence-corrected chi connectivity index (χ1v) is 6.96. The largest absolute Gasteiger partial charge is 0.497 e. The summed E-state index contributed by atoms with van der Waals surface area (Å²) >= 11 is 6.18. The Kier molecular flexibility index (Phi) is 3.78. The predicted octanol–water partition coefficient (Wildman–Crippen LogP) is 3.35. The lowest BCUT2D eigenvalue weighted by molar-refractivity contribution is 0.109. The second-order valence-electron chi connectivity index (χ2n) is 4.72. The number of pyridine rings is 1. The van der Waals surface area contributed by atoms with Crippen LogP contribution in [0.1, 0.15) is 16.8 Å². The number of ether oxygens (including phenoxy) is 2. The molecule has 0 N–H and O–H groups in total. The minimum atomic E-state index is 0.254. The van der Waals surface area contributed by atoms with Gasteiger partial charge in [0, 0.05) is 17.5 Å². The molecule has 21 heavy (non-hydrogen) atoms. The number of hydrogen-bond acceptors (Lipinski definition) is 4. The summed E-state index contributed by atoms with van der Waals surface area (Å²) in [7, 11) is 1.62. The highest BCUT2D eigenvalue weighted by atomic mass is 35.5. The number of hydrogen-bond donors (Lipinski definition) is 0. The molecule has 3 rings (SSSR count). The van der Waals surface area contributed by atoms with Gasteiger partial charge < -0.3 is 9.47 Å². The third kappa shape index (κ3) is 2.46. The van der Waals surface area contributed by atoms with Crippen LogP contribution in [0.5, 0.6) is 5.75 Å². The fraction of sp³-hybridized carbons (Fsp3) is 0.250. The van der Waals surface area contributed by atoms with E-state index in [1.807, 2.05) is 24.3 Å². The lowest BCUT2D eigenvalue weighted by atomic mass is 9.93. The third-order valence-electron chi connectivity index (χ3n) is 3.56. The maximum Gasteiger partial charge on any atom is 0.147 e. The molecule has 0 bridgehead atoms. The molecule has 0 aliphatic carbocycles. The van der Waals surface area contributed by atoms with Crippen LogP contribution in [0, 0.1) is 11.3 Å². The molecule has 0 saturated heterocycles. The normalized spacial score (nSPS) is 13.4. The van der Waals surface area contributed by atoms with Gasteiger partial charge in [0.2, 0.25) is 0 Å². The van der Waals surface area contributed by atoms with Crippen molar-refractivity contribution in [3.8, 4) is 22.9 Å². The van der Waals surface area contributed by atoms with Gasteiger partial charge in [0.1, 0.15) is 17.0 Å². The topological polar surface area (TPSA) is 55.1 Å². The molecule has 2 aromatic rings. The highest BCUT2D eigenvalue weighted by Gasteiger charge is 2.22. The predicted molar refractivity (Wildman–Crippen MR) is 79.3 cm³/mol. The van der Waals surface area contributed by atoms with Crippen LogP contribution in [0.4, 0.5) is 0 Å². The van der Waals surface area contributed by atoms with Crippen LogP contribution >= 0.6 is 11.6 Å². The van der Waals surface area contributed by atoms with Crippen LogP contribution < -0.4 is 4.74 Å². The lowest BCUT2D eigenvalue weighted by Crippen LogP contribution is -2.14. The fourth-order valence-corrected chi connectivity index (χ4v) is 2.76. The number of halogens is 1. The molecule has 0 radical (unpaired) electrons. The molecule has 5 heteroatoms. The highest BCUT2D eigenvalue weighted by molar-refractivity contribution is 6.31. The minimum absolute atomic E-state index is 0.254. The van der Waals surface area contributed by atoms with E-state index in [-0.39, 0.29) is 5.15 Å². The zero-order chi connectivity index (χ0) is 14.8. The molecule has 0 unspecified atom stereocenters. The Balaban J connectivity index is 2.23. The van der Waals surface area contributed by atoms with Crippen LogP contribution in [-0.4, -0.2) is 18.7 Å². The average molecular weight is 301 g/mol. The summed E-state index contributed by atoms with van der Waals surface area (Å²) in [6, 6.07) is 9.72. The first-order chi connectivity index (χ1) is 10.2. The molecule has 2 heterocycles. The highest BCUT2D eigenvalue weighted by Crippen LogP contribution is 2.35. The molecular formula is C16H13ClN2O2. The van der Waals surface area contributed by atoms with Gasteiger partial charge in [-0.2, -0.15) is 5.26 Å². The van der Waals surface area contributed by atoms with Gasteiger partial charge in [-0.1, -0.05) is 23.7 Å². The monoisotopic (exact) mass is 300 g/mol. The molecule has 1 aromatic carbocycles. The average Bonchev–Trinajstić information content (AvgIpc) is 2.53. The summed E-state index contributed by atoms with van der Waals surface area (Å²) in [5.74, 6) is 0.766. The van der Waals surface area contributed by atoms with Crippen LogP contribution in [0.3, 0.4) is 0 Å². The Labute approximate surface area is 127 Å². The zero-order valence-electron chi connectivity index (χ0n) is 11.5. The summed E-state index contributed by atoms with van der Waals surface area (Å²) in [5.41, 5.74) is 3.99. The van der Waals surface area contributed by atoms with Crippen molar-refractivity contribution in [2.75, 3.05) is 13.7 Å². The number of methoxy groups -OCH3 is 1. The molecule has 106 valence electrons. The summed E-state index contributed by atoms with van der Waals surface area (Å²) in [6.45, 7) is 1.08. The van der Waals surface area contributed by atoms with Crippen molar-refractivity contribution < 1.29 is 9.47 Å². The van der Waals surface area contributed by atoms with Gasteiger partial charge in [0.05, 0.1) is 31.6 Å². The van der Waals surface area contributed by atoms with Gasteiger partial charge in [-0.25, -0.2) is 4.98 Å². The van der Waals surface area contributed by atoms with Crippen molar-refractivity contribution in [3.05, 3.63) is 46.2 Å². The molecule has 4 nitrogen and oxygen atoms in total.